The van der Waals surface area contributed by atoms with Gasteiger partial charge >= 0.3 is 8.60 Å². The minimum absolute atomic E-state index is 0.0305. The van der Waals surface area contributed by atoms with Crippen molar-refractivity contribution in [3.8, 4) is 0 Å². The summed E-state index contributed by atoms with van der Waals surface area (Å²) in [6.07, 6.45) is 0. The van der Waals surface area contributed by atoms with Crippen molar-refractivity contribution in [2.75, 3.05) is 0 Å². The van der Waals surface area contributed by atoms with Crippen LogP contribution < -0.4 is 0 Å². The Kier molecular flexibility index (Phi) is 12.6. The minimum atomic E-state index is -1.67. The molecule has 0 fully saturated rings. The lowest BCUT2D eigenvalue weighted by molar-refractivity contribution is 0.142. The fraction of sp³-hybridized carbons (Fsp3) is 0.600. The Hall–Kier alpha value is -2.03. The number of hydrogen-bond donors (Lipinski definition) is 0. The molecule has 0 aliphatic carbocycles. The van der Waals surface area contributed by atoms with Crippen molar-refractivity contribution in [3.63, 3.8) is 0 Å². The molecule has 0 atom stereocenters. The third kappa shape index (κ3) is 11.5. The van der Waals surface area contributed by atoms with Crippen LogP contribution >= 0.6 is 8.60 Å². The molecule has 3 aromatic carbocycles. The third-order valence-corrected chi connectivity index (χ3v) is 10.3. The van der Waals surface area contributed by atoms with Crippen molar-refractivity contribution in [1.82, 2.24) is 0 Å². The average molecular weight is 689 g/mol. The molecule has 0 amide bonds. The zero-order valence-electron chi connectivity index (χ0n) is 34.5. The van der Waals surface area contributed by atoms with E-state index in [4.69, 9.17) is 13.6 Å². The summed E-state index contributed by atoms with van der Waals surface area (Å²) in [6, 6.07) is 20.5. The Morgan fingerprint density at radius 1 is 0.347 bits per heavy atom. The molecular formula is C45H69O3P. The second kappa shape index (κ2) is 14.9. The summed E-state index contributed by atoms with van der Waals surface area (Å²) >= 11 is 0. The minimum Gasteiger partial charge on any atom is -0.307 e. The topological polar surface area (TPSA) is 27.7 Å². The molecule has 3 aromatic rings. The molecule has 0 spiro atoms. The Morgan fingerprint density at radius 3 is 0.755 bits per heavy atom. The zero-order chi connectivity index (χ0) is 37.4. The smallest absolute Gasteiger partial charge is 0.307 e. The lowest BCUT2D eigenvalue weighted by atomic mass is 9.78. The first kappa shape index (κ1) is 41.4. The van der Waals surface area contributed by atoms with E-state index in [9.17, 15) is 0 Å². The van der Waals surface area contributed by atoms with E-state index in [1.165, 1.54) is 50.1 Å². The summed E-state index contributed by atoms with van der Waals surface area (Å²) in [5.74, 6) is 0. The van der Waals surface area contributed by atoms with Crippen molar-refractivity contribution in [1.29, 1.82) is 0 Å². The maximum Gasteiger partial charge on any atom is 0.333 e. The molecule has 3 nitrogen and oxygen atoms in total. The van der Waals surface area contributed by atoms with Gasteiger partial charge in [-0.1, -0.05) is 179 Å². The van der Waals surface area contributed by atoms with Gasteiger partial charge in [-0.05, 0) is 82.6 Å². The van der Waals surface area contributed by atoms with Gasteiger partial charge in [-0.25, -0.2) is 0 Å². The molecule has 0 aliphatic rings. The van der Waals surface area contributed by atoms with Gasteiger partial charge in [0.1, 0.15) is 0 Å². The predicted octanol–water partition coefficient (Wildman–Crippen LogP) is 13.6. The molecule has 0 heterocycles. The highest BCUT2D eigenvalue weighted by molar-refractivity contribution is 7.41. The van der Waals surface area contributed by atoms with Crippen LogP contribution in [0.5, 0.6) is 0 Å². The van der Waals surface area contributed by atoms with E-state index < -0.39 is 8.60 Å². The first-order chi connectivity index (χ1) is 22.1. The predicted molar refractivity (Wildman–Crippen MR) is 213 cm³/mol. The monoisotopic (exact) mass is 688 g/mol. The molecule has 0 saturated carbocycles. The lowest BCUT2D eigenvalue weighted by Gasteiger charge is -2.29. The standard InChI is InChI=1S/C45H69O3P/c1-40(2,3)34-22-19-31(37(25-34)43(10,11)12)28-46-49(47-29-32-20-23-35(41(4,5)6)26-38(32)44(13,14)15)48-30-33-21-24-36(42(7,8)9)27-39(33)45(16,17)18/h19-27H,28-30H2,1-18H3. The second-order valence-electron chi connectivity index (χ2n) is 20.2. The number of hydrogen-bond acceptors (Lipinski definition) is 3. The molecule has 0 unspecified atom stereocenters. The Morgan fingerprint density at radius 2 is 0.571 bits per heavy atom. The van der Waals surface area contributed by atoms with Gasteiger partial charge in [-0.2, -0.15) is 0 Å². The summed E-state index contributed by atoms with van der Waals surface area (Å²) < 4.78 is 20.0. The largest absolute Gasteiger partial charge is 0.333 e. The highest BCUT2D eigenvalue weighted by Gasteiger charge is 2.27. The third-order valence-electron chi connectivity index (χ3n) is 9.33. The van der Waals surface area contributed by atoms with Gasteiger partial charge in [0.05, 0.1) is 19.8 Å². The van der Waals surface area contributed by atoms with Crippen LogP contribution in [-0.2, 0) is 65.9 Å². The highest BCUT2D eigenvalue weighted by Crippen LogP contribution is 2.45. The van der Waals surface area contributed by atoms with Crippen molar-refractivity contribution in [3.05, 3.63) is 105 Å². The summed E-state index contributed by atoms with van der Waals surface area (Å²) in [5.41, 5.74) is 11.5. The van der Waals surface area contributed by atoms with Crippen LogP contribution in [-0.4, -0.2) is 0 Å². The fourth-order valence-corrected chi connectivity index (χ4v) is 7.04. The molecular weight excluding hydrogens is 619 g/mol. The van der Waals surface area contributed by atoms with Crippen LogP contribution in [0.2, 0.25) is 0 Å². The van der Waals surface area contributed by atoms with Crippen LogP contribution in [0.4, 0.5) is 0 Å². The van der Waals surface area contributed by atoms with E-state index in [0.29, 0.717) is 19.8 Å². The van der Waals surface area contributed by atoms with Gasteiger partial charge in [0.25, 0.3) is 0 Å². The van der Waals surface area contributed by atoms with Crippen LogP contribution in [0.25, 0.3) is 0 Å². The van der Waals surface area contributed by atoms with Crippen LogP contribution in [0, 0.1) is 0 Å². The number of rotatable bonds is 9. The van der Waals surface area contributed by atoms with E-state index in [1.54, 1.807) is 0 Å². The quantitative estimate of drug-likeness (QED) is 0.209. The van der Waals surface area contributed by atoms with E-state index in [0.717, 1.165) is 0 Å². The molecule has 0 radical (unpaired) electrons. The van der Waals surface area contributed by atoms with Crippen molar-refractivity contribution in [2.45, 2.75) is 177 Å². The van der Waals surface area contributed by atoms with Crippen LogP contribution in [0.15, 0.2) is 54.6 Å². The lowest BCUT2D eigenvalue weighted by Crippen LogP contribution is -2.19. The maximum atomic E-state index is 6.66. The van der Waals surface area contributed by atoms with Gasteiger partial charge in [0.2, 0.25) is 0 Å². The van der Waals surface area contributed by atoms with Gasteiger partial charge < -0.3 is 13.6 Å². The molecule has 0 bridgehead atoms. The van der Waals surface area contributed by atoms with Gasteiger partial charge in [0.15, 0.2) is 0 Å². The molecule has 0 aromatic heterocycles. The Labute approximate surface area is 302 Å². The van der Waals surface area contributed by atoms with Gasteiger partial charge in [-0.3, -0.25) is 0 Å². The Balaban J connectivity index is 2.00. The second-order valence-corrected chi connectivity index (χ2v) is 21.4. The van der Waals surface area contributed by atoms with E-state index in [-0.39, 0.29) is 32.5 Å². The first-order valence-corrected chi connectivity index (χ1v) is 19.3. The molecule has 0 aliphatic heterocycles. The summed E-state index contributed by atoms with van der Waals surface area (Å²) in [4.78, 5) is 0. The highest BCUT2D eigenvalue weighted by atomic mass is 31.2. The summed E-state index contributed by atoms with van der Waals surface area (Å²) in [6.45, 7) is 42.2. The molecule has 4 heteroatoms. The summed E-state index contributed by atoms with van der Waals surface area (Å²) in [7, 11) is -1.67. The van der Waals surface area contributed by atoms with Crippen molar-refractivity contribution in [2.24, 2.45) is 0 Å². The SMILES string of the molecule is CC(C)(C)c1ccc(COP(OCc2ccc(C(C)(C)C)cc2C(C)(C)C)OCc2ccc(C(C)(C)C)cc2C(C)(C)C)c(C(C)(C)C)c1. The molecule has 272 valence electrons. The average Bonchev–Trinajstić information content (AvgIpc) is 2.93. The molecule has 3 rings (SSSR count). The maximum absolute atomic E-state index is 6.66. The first-order valence-electron chi connectivity index (χ1n) is 18.2. The fourth-order valence-electron chi connectivity index (χ4n) is 6.08. The van der Waals surface area contributed by atoms with E-state index >= 15 is 0 Å². The van der Waals surface area contributed by atoms with E-state index in [1.807, 2.05) is 0 Å². The molecule has 0 saturated heterocycles. The Bertz CT molecular complexity index is 1370. The normalized spacial score (nSPS) is 13.8. The zero-order valence-corrected chi connectivity index (χ0v) is 35.4. The van der Waals surface area contributed by atoms with Crippen molar-refractivity contribution >= 4 is 8.60 Å². The number of benzene rings is 3. The van der Waals surface area contributed by atoms with Crippen molar-refractivity contribution < 1.29 is 13.6 Å². The molecule has 49 heavy (non-hydrogen) atoms. The van der Waals surface area contributed by atoms with Crippen LogP contribution in [0.3, 0.4) is 0 Å². The van der Waals surface area contributed by atoms with Crippen LogP contribution in [0.1, 0.15) is 175 Å². The van der Waals surface area contributed by atoms with Gasteiger partial charge in [-0.15, -0.1) is 0 Å². The van der Waals surface area contributed by atoms with E-state index in [2.05, 4.69) is 179 Å². The molecule has 0 N–H and O–H groups in total. The summed E-state index contributed by atoms with van der Waals surface area (Å²) in [5, 5.41) is 0. The van der Waals surface area contributed by atoms with Gasteiger partial charge in [0, 0.05) is 0 Å².